The number of fused-ring (bicyclic) bond motifs is 1. The molecule has 0 radical (unpaired) electrons. The van der Waals surface area contributed by atoms with Crippen LogP contribution in [0.3, 0.4) is 0 Å². The fourth-order valence-electron chi connectivity index (χ4n) is 2.94. The number of hydrogen-bond acceptors (Lipinski definition) is 6. The summed E-state index contributed by atoms with van der Waals surface area (Å²) in [5.41, 5.74) is 1.74. The lowest BCUT2D eigenvalue weighted by molar-refractivity contribution is -0.122. The molecule has 0 atom stereocenters. The first kappa shape index (κ1) is 21.0. The molecule has 0 spiro atoms. The maximum absolute atomic E-state index is 12.5. The molecule has 31 heavy (non-hydrogen) atoms. The Morgan fingerprint density at radius 1 is 1.13 bits per heavy atom. The molecule has 2 heterocycles. The lowest BCUT2D eigenvalue weighted by Crippen LogP contribution is -2.28. The standard InChI is InChI=1S/C20H17Cl2N5O4/c1-11-19(20(29)24-15-7-13(21)3-4-14(15)22)25-26-27(11)9-18(28)23-8-12-2-5-16-17(6-12)31-10-30-16/h2-7H,8-10H2,1H3,(H,23,28)(H,24,29). The Balaban J connectivity index is 1.36. The fourth-order valence-corrected chi connectivity index (χ4v) is 3.28. The number of nitrogens with one attached hydrogen (secondary N) is 2. The van der Waals surface area contributed by atoms with Gasteiger partial charge in [0.15, 0.2) is 17.2 Å². The van der Waals surface area contributed by atoms with Crippen molar-refractivity contribution in [3.8, 4) is 11.5 Å². The van der Waals surface area contributed by atoms with Crippen molar-refractivity contribution in [2.75, 3.05) is 12.1 Å². The number of benzene rings is 2. The average molecular weight is 462 g/mol. The second kappa shape index (κ2) is 8.83. The summed E-state index contributed by atoms with van der Waals surface area (Å²) < 4.78 is 11.9. The fraction of sp³-hybridized carbons (Fsp3) is 0.200. The predicted octanol–water partition coefficient (Wildman–Crippen LogP) is 3.19. The number of hydrogen-bond donors (Lipinski definition) is 2. The van der Waals surface area contributed by atoms with Gasteiger partial charge in [-0.25, -0.2) is 4.68 Å². The van der Waals surface area contributed by atoms with Crippen molar-refractivity contribution in [1.82, 2.24) is 20.3 Å². The van der Waals surface area contributed by atoms with E-state index in [1.165, 1.54) is 10.7 Å². The molecule has 9 nitrogen and oxygen atoms in total. The Hall–Kier alpha value is -3.30. The number of ether oxygens (including phenoxy) is 2. The molecule has 160 valence electrons. The minimum atomic E-state index is -0.506. The van der Waals surface area contributed by atoms with E-state index < -0.39 is 5.91 Å². The normalized spacial score (nSPS) is 12.0. The van der Waals surface area contributed by atoms with Crippen LogP contribution in [0.1, 0.15) is 21.7 Å². The second-order valence-electron chi connectivity index (χ2n) is 6.72. The van der Waals surface area contributed by atoms with Crippen LogP contribution in [-0.2, 0) is 17.9 Å². The highest BCUT2D eigenvalue weighted by molar-refractivity contribution is 6.35. The Bertz CT molecular complexity index is 1160. The molecular weight excluding hydrogens is 445 g/mol. The summed E-state index contributed by atoms with van der Waals surface area (Å²) in [5.74, 6) is 0.539. The van der Waals surface area contributed by atoms with Crippen LogP contribution in [0.5, 0.6) is 11.5 Å². The van der Waals surface area contributed by atoms with Crippen molar-refractivity contribution in [3.63, 3.8) is 0 Å². The first-order valence-electron chi connectivity index (χ1n) is 9.22. The predicted molar refractivity (Wildman–Crippen MR) is 114 cm³/mol. The van der Waals surface area contributed by atoms with Gasteiger partial charge in [-0.2, -0.15) is 0 Å². The van der Waals surface area contributed by atoms with E-state index in [4.69, 9.17) is 32.7 Å². The third-order valence-electron chi connectivity index (χ3n) is 4.59. The Labute approximate surface area is 187 Å². The summed E-state index contributed by atoms with van der Waals surface area (Å²) in [6, 6.07) is 10.2. The summed E-state index contributed by atoms with van der Waals surface area (Å²) in [4.78, 5) is 24.9. The number of nitrogens with zero attached hydrogens (tertiary/aromatic N) is 3. The molecule has 2 N–H and O–H groups in total. The number of rotatable bonds is 6. The van der Waals surface area contributed by atoms with Crippen molar-refractivity contribution >= 4 is 40.7 Å². The summed E-state index contributed by atoms with van der Waals surface area (Å²) in [6.45, 7) is 2.06. The van der Waals surface area contributed by atoms with Gasteiger partial charge in [0.25, 0.3) is 5.91 Å². The molecule has 11 heteroatoms. The van der Waals surface area contributed by atoms with E-state index in [1.807, 2.05) is 12.1 Å². The van der Waals surface area contributed by atoms with Gasteiger partial charge in [0.05, 0.1) is 16.4 Å². The number of carbonyl (C=O) groups is 2. The second-order valence-corrected chi connectivity index (χ2v) is 7.57. The summed E-state index contributed by atoms with van der Waals surface area (Å²) >= 11 is 12.0. The number of aromatic nitrogens is 3. The Kier molecular flexibility index (Phi) is 5.97. The molecule has 2 aromatic carbocycles. The third kappa shape index (κ3) is 4.73. The van der Waals surface area contributed by atoms with Gasteiger partial charge < -0.3 is 20.1 Å². The molecule has 0 aliphatic carbocycles. The SMILES string of the molecule is Cc1c(C(=O)Nc2cc(Cl)ccc2Cl)nnn1CC(=O)NCc1ccc2c(c1)OCO2. The zero-order valence-electron chi connectivity index (χ0n) is 16.3. The lowest BCUT2D eigenvalue weighted by Gasteiger charge is -2.08. The summed E-state index contributed by atoms with van der Waals surface area (Å²) in [6.07, 6.45) is 0. The highest BCUT2D eigenvalue weighted by Crippen LogP contribution is 2.32. The average Bonchev–Trinajstić information content (AvgIpc) is 3.35. The van der Waals surface area contributed by atoms with E-state index in [0.29, 0.717) is 39.5 Å². The molecule has 1 aliphatic heterocycles. The van der Waals surface area contributed by atoms with Gasteiger partial charge in [0.2, 0.25) is 12.7 Å². The highest BCUT2D eigenvalue weighted by Gasteiger charge is 2.19. The molecule has 3 aromatic rings. The van der Waals surface area contributed by atoms with Crippen LogP contribution in [0.15, 0.2) is 36.4 Å². The number of amides is 2. The van der Waals surface area contributed by atoms with E-state index in [1.54, 1.807) is 25.1 Å². The zero-order chi connectivity index (χ0) is 22.0. The van der Waals surface area contributed by atoms with Gasteiger partial charge in [-0.15, -0.1) is 5.10 Å². The smallest absolute Gasteiger partial charge is 0.278 e. The van der Waals surface area contributed by atoms with Gasteiger partial charge in [0.1, 0.15) is 6.54 Å². The quantitative estimate of drug-likeness (QED) is 0.583. The molecule has 1 aliphatic rings. The van der Waals surface area contributed by atoms with Crippen molar-refractivity contribution in [2.24, 2.45) is 0 Å². The Morgan fingerprint density at radius 2 is 1.94 bits per heavy atom. The van der Waals surface area contributed by atoms with Crippen LogP contribution in [0.25, 0.3) is 0 Å². The minimum absolute atomic E-state index is 0.0830. The van der Waals surface area contributed by atoms with Crippen LogP contribution >= 0.6 is 23.2 Å². The third-order valence-corrected chi connectivity index (χ3v) is 5.16. The van der Waals surface area contributed by atoms with Gasteiger partial charge in [-0.3, -0.25) is 9.59 Å². The highest BCUT2D eigenvalue weighted by atomic mass is 35.5. The van der Waals surface area contributed by atoms with Gasteiger partial charge in [0, 0.05) is 11.6 Å². The maximum Gasteiger partial charge on any atom is 0.278 e. The molecular formula is C20H17Cl2N5O4. The van der Waals surface area contributed by atoms with Crippen molar-refractivity contribution in [3.05, 3.63) is 63.4 Å². The molecule has 0 unspecified atom stereocenters. The van der Waals surface area contributed by atoms with Crippen LogP contribution in [0, 0.1) is 6.92 Å². The van der Waals surface area contributed by atoms with Gasteiger partial charge in [-0.1, -0.05) is 34.5 Å². The molecule has 4 rings (SSSR count). The Morgan fingerprint density at radius 3 is 2.77 bits per heavy atom. The van der Waals surface area contributed by atoms with E-state index >= 15 is 0 Å². The van der Waals surface area contributed by atoms with Crippen molar-refractivity contribution < 1.29 is 19.1 Å². The first-order valence-corrected chi connectivity index (χ1v) is 9.98. The van der Waals surface area contributed by atoms with Gasteiger partial charge >= 0.3 is 0 Å². The van der Waals surface area contributed by atoms with E-state index in [2.05, 4.69) is 20.9 Å². The number of anilines is 1. The molecule has 0 fully saturated rings. The number of carbonyl (C=O) groups excluding carboxylic acids is 2. The van der Waals surface area contributed by atoms with Crippen LogP contribution in [0.2, 0.25) is 10.0 Å². The van der Waals surface area contributed by atoms with Crippen molar-refractivity contribution in [2.45, 2.75) is 20.0 Å². The minimum Gasteiger partial charge on any atom is -0.454 e. The van der Waals surface area contributed by atoms with E-state index in [9.17, 15) is 9.59 Å². The van der Waals surface area contributed by atoms with E-state index in [-0.39, 0.29) is 24.9 Å². The van der Waals surface area contributed by atoms with Gasteiger partial charge in [-0.05, 0) is 42.8 Å². The topological polar surface area (TPSA) is 107 Å². The molecule has 0 saturated carbocycles. The van der Waals surface area contributed by atoms with Crippen LogP contribution in [-0.4, -0.2) is 33.6 Å². The van der Waals surface area contributed by atoms with Crippen LogP contribution in [0.4, 0.5) is 5.69 Å². The summed E-state index contributed by atoms with van der Waals surface area (Å²) in [5, 5.41) is 14.0. The van der Waals surface area contributed by atoms with E-state index in [0.717, 1.165) is 5.56 Å². The number of halogens is 2. The van der Waals surface area contributed by atoms with Crippen molar-refractivity contribution in [1.29, 1.82) is 0 Å². The maximum atomic E-state index is 12.5. The van der Waals surface area contributed by atoms with Crippen LogP contribution < -0.4 is 20.1 Å². The zero-order valence-corrected chi connectivity index (χ0v) is 17.8. The largest absolute Gasteiger partial charge is 0.454 e. The molecule has 1 aromatic heterocycles. The monoisotopic (exact) mass is 461 g/mol. The lowest BCUT2D eigenvalue weighted by atomic mass is 10.2. The summed E-state index contributed by atoms with van der Waals surface area (Å²) in [7, 11) is 0. The molecule has 0 bridgehead atoms. The first-order chi connectivity index (χ1) is 14.9. The molecule has 0 saturated heterocycles. The molecule has 2 amide bonds.